The quantitative estimate of drug-likeness (QED) is 0.556. The van der Waals surface area contributed by atoms with E-state index in [0.29, 0.717) is 30.2 Å². The zero-order chi connectivity index (χ0) is 23.3. The number of likely N-dealkylation sites (tertiary alicyclic amines) is 1. The van der Waals surface area contributed by atoms with Gasteiger partial charge >= 0.3 is 0 Å². The van der Waals surface area contributed by atoms with Crippen molar-refractivity contribution in [3.63, 3.8) is 0 Å². The molecule has 33 heavy (non-hydrogen) atoms. The van der Waals surface area contributed by atoms with Gasteiger partial charge in [-0.15, -0.1) is 0 Å². The summed E-state index contributed by atoms with van der Waals surface area (Å²) in [4.78, 5) is 14.4. The molecule has 0 radical (unpaired) electrons. The molecule has 4 rings (SSSR count). The average Bonchev–Trinajstić information content (AvgIpc) is 2.77. The number of amides is 1. The van der Waals surface area contributed by atoms with Crippen molar-refractivity contribution >= 4 is 11.6 Å². The number of aliphatic hydroxyl groups is 1. The Morgan fingerprint density at radius 2 is 1.76 bits per heavy atom. The highest BCUT2D eigenvalue weighted by Crippen LogP contribution is 2.27. The van der Waals surface area contributed by atoms with Crippen molar-refractivity contribution < 1.29 is 23.8 Å². The molecular weight excluding hydrogens is 423 g/mol. The zero-order valence-electron chi connectivity index (χ0n) is 18.4. The molecular formula is C26H27FN2O4. The number of anilines is 1. The predicted molar refractivity (Wildman–Crippen MR) is 124 cm³/mol. The van der Waals surface area contributed by atoms with Crippen molar-refractivity contribution in [1.29, 1.82) is 0 Å². The number of hydrogen-bond donors (Lipinski definition) is 2. The van der Waals surface area contributed by atoms with Gasteiger partial charge in [0.1, 0.15) is 34.8 Å². The Morgan fingerprint density at radius 1 is 1.06 bits per heavy atom. The smallest absolute Gasteiger partial charge is 0.238 e. The molecule has 0 saturated carbocycles. The molecule has 1 saturated heterocycles. The maximum atomic E-state index is 13.4. The van der Waals surface area contributed by atoms with E-state index < -0.39 is 11.7 Å². The molecule has 0 unspecified atom stereocenters. The molecule has 0 spiro atoms. The Kier molecular flexibility index (Phi) is 6.91. The summed E-state index contributed by atoms with van der Waals surface area (Å²) in [6.07, 6.45) is 0.0262. The van der Waals surface area contributed by atoms with E-state index >= 15 is 0 Å². The fourth-order valence-electron chi connectivity index (χ4n) is 3.90. The predicted octanol–water partition coefficient (Wildman–Crippen LogP) is 4.46. The molecule has 2 atom stereocenters. The minimum Gasteiger partial charge on any atom is -0.487 e. The Bertz CT molecular complexity index is 1070. The number of benzene rings is 3. The van der Waals surface area contributed by atoms with Crippen molar-refractivity contribution in [3.05, 3.63) is 84.7 Å². The Labute approximate surface area is 192 Å². The number of nitrogens with one attached hydrogen (secondary N) is 1. The van der Waals surface area contributed by atoms with Gasteiger partial charge < -0.3 is 19.9 Å². The van der Waals surface area contributed by atoms with Gasteiger partial charge in [0.25, 0.3) is 0 Å². The Morgan fingerprint density at radius 3 is 2.45 bits per heavy atom. The van der Waals surface area contributed by atoms with Gasteiger partial charge in [-0.1, -0.05) is 24.3 Å². The molecule has 0 bridgehead atoms. The number of β-amino-alcohol motifs (C(OH)–C–C–N with tert-alkyl or cyclic N) is 1. The van der Waals surface area contributed by atoms with Crippen LogP contribution in [-0.2, 0) is 4.79 Å². The second-order valence-electron chi connectivity index (χ2n) is 8.41. The van der Waals surface area contributed by atoms with Crippen LogP contribution in [0.2, 0.25) is 0 Å². The first kappa shape index (κ1) is 22.8. The van der Waals surface area contributed by atoms with Gasteiger partial charge in [0.05, 0.1) is 6.54 Å². The number of para-hydroxylation sites is 1. The van der Waals surface area contributed by atoms with Crippen LogP contribution in [-0.4, -0.2) is 47.3 Å². The number of nitrogens with zero attached hydrogens (tertiary/aromatic N) is 1. The van der Waals surface area contributed by atoms with E-state index in [0.717, 1.165) is 5.75 Å². The second-order valence-corrected chi connectivity index (χ2v) is 8.41. The fourth-order valence-corrected chi connectivity index (χ4v) is 3.90. The van der Waals surface area contributed by atoms with E-state index in [1.54, 1.807) is 43.3 Å². The number of carbonyl (C=O) groups excluding carboxylic acids is 1. The second kappa shape index (κ2) is 10.0. The largest absolute Gasteiger partial charge is 0.487 e. The monoisotopic (exact) mass is 450 g/mol. The van der Waals surface area contributed by atoms with Crippen LogP contribution in [0.15, 0.2) is 78.9 Å². The van der Waals surface area contributed by atoms with Gasteiger partial charge in [0.2, 0.25) is 5.91 Å². The number of carbonyl (C=O) groups is 1. The molecule has 1 aliphatic heterocycles. The highest BCUT2D eigenvalue weighted by molar-refractivity contribution is 5.92. The van der Waals surface area contributed by atoms with Crippen molar-refractivity contribution in [2.24, 2.45) is 0 Å². The van der Waals surface area contributed by atoms with E-state index in [2.05, 4.69) is 5.32 Å². The van der Waals surface area contributed by atoms with Gasteiger partial charge in [-0.25, -0.2) is 4.39 Å². The third-order valence-electron chi connectivity index (χ3n) is 5.50. The maximum Gasteiger partial charge on any atom is 0.238 e. The van der Waals surface area contributed by atoms with Crippen LogP contribution in [0.1, 0.15) is 13.3 Å². The first-order valence-corrected chi connectivity index (χ1v) is 10.9. The lowest BCUT2D eigenvalue weighted by Gasteiger charge is -2.42. The minimum atomic E-state index is -1.18. The lowest BCUT2D eigenvalue weighted by Crippen LogP contribution is -2.58. The topological polar surface area (TPSA) is 71.0 Å². The molecule has 172 valence electrons. The fraction of sp³-hybridized carbons (Fsp3) is 0.269. The molecule has 0 aliphatic carbocycles. The first-order chi connectivity index (χ1) is 15.9. The first-order valence-electron chi connectivity index (χ1n) is 10.9. The van der Waals surface area contributed by atoms with Crippen LogP contribution in [0.5, 0.6) is 17.2 Å². The van der Waals surface area contributed by atoms with Crippen LogP contribution < -0.4 is 14.8 Å². The van der Waals surface area contributed by atoms with Crippen molar-refractivity contribution in [1.82, 2.24) is 4.90 Å². The molecule has 1 fully saturated rings. The van der Waals surface area contributed by atoms with E-state index in [9.17, 15) is 14.3 Å². The minimum absolute atomic E-state index is 0.144. The summed E-state index contributed by atoms with van der Waals surface area (Å²) in [5.41, 5.74) is -0.516. The van der Waals surface area contributed by atoms with Gasteiger partial charge in [0, 0.05) is 24.8 Å². The summed E-state index contributed by atoms with van der Waals surface area (Å²) in [6.45, 7) is 2.66. The van der Waals surface area contributed by atoms with E-state index in [1.807, 2.05) is 35.2 Å². The van der Waals surface area contributed by atoms with Crippen LogP contribution in [0, 0.1) is 5.82 Å². The number of rotatable bonds is 7. The van der Waals surface area contributed by atoms with Crippen molar-refractivity contribution in [2.75, 3.05) is 25.0 Å². The van der Waals surface area contributed by atoms with Crippen molar-refractivity contribution in [2.45, 2.75) is 25.0 Å². The summed E-state index contributed by atoms with van der Waals surface area (Å²) < 4.78 is 25.0. The SMILES string of the molecule is C[C@]1(O)CN(CC(=O)Nc2ccc(Oc3ccccc3)cc2)CC[C@@H]1Oc1cccc(F)c1. The molecule has 1 aliphatic rings. The zero-order valence-corrected chi connectivity index (χ0v) is 18.4. The summed E-state index contributed by atoms with van der Waals surface area (Å²) in [5, 5.41) is 13.8. The number of ether oxygens (including phenoxy) is 2. The van der Waals surface area contributed by atoms with Crippen molar-refractivity contribution in [3.8, 4) is 17.2 Å². The van der Waals surface area contributed by atoms with E-state index in [4.69, 9.17) is 9.47 Å². The average molecular weight is 451 g/mol. The summed E-state index contributed by atoms with van der Waals surface area (Å²) >= 11 is 0. The molecule has 0 aromatic heterocycles. The van der Waals surface area contributed by atoms with E-state index in [1.165, 1.54) is 12.1 Å². The van der Waals surface area contributed by atoms with Gasteiger partial charge in [-0.3, -0.25) is 9.69 Å². The molecule has 3 aromatic carbocycles. The molecule has 2 N–H and O–H groups in total. The third-order valence-corrected chi connectivity index (χ3v) is 5.50. The number of halogens is 1. The van der Waals surface area contributed by atoms with Crippen LogP contribution in [0.25, 0.3) is 0 Å². The lowest BCUT2D eigenvalue weighted by atomic mass is 9.91. The summed E-state index contributed by atoms with van der Waals surface area (Å²) in [5.74, 6) is 1.24. The standard InChI is InChI=1S/C26H27FN2O4/c1-26(31)18-29(15-14-24(26)33-23-9-5-6-19(27)16-23)17-25(30)28-20-10-12-22(13-11-20)32-21-7-3-2-4-8-21/h2-13,16,24,31H,14-15,17-18H2,1H3,(H,28,30)/t24-,26-/m0/s1. The van der Waals surface area contributed by atoms with Gasteiger partial charge in [-0.05, 0) is 61.9 Å². The Hall–Kier alpha value is -3.42. The normalized spacial score (nSPS) is 20.8. The van der Waals surface area contributed by atoms with E-state index in [-0.39, 0.29) is 24.8 Å². The lowest BCUT2D eigenvalue weighted by molar-refractivity contribution is -0.123. The number of piperidine rings is 1. The van der Waals surface area contributed by atoms with Crippen LogP contribution >= 0.6 is 0 Å². The Balaban J connectivity index is 1.27. The third kappa shape index (κ3) is 6.31. The molecule has 1 amide bonds. The maximum absolute atomic E-state index is 13.4. The molecule has 3 aromatic rings. The molecule has 7 heteroatoms. The number of hydrogen-bond acceptors (Lipinski definition) is 5. The van der Waals surface area contributed by atoms with Gasteiger partial charge in [-0.2, -0.15) is 0 Å². The van der Waals surface area contributed by atoms with Crippen LogP contribution in [0.4, 0.5) is 10.1 Å². The summed E-state index contributed by atoms with van der Waals surface area (Å²) in [7, 11) is 0. The van der Waals surface area contributed by atoms with Gasteiger partial charge in [0.15, 0.2) is 0 Å². The molecule has 6 nitrogen and oxygen atoms in total. The summed E-state index contributed by atoms with van der Waals surface area (Å²) in [6, 6.07) is 22.5. The highest BCUT2D eigenvalue weighted by Gasteiger charge is 2.40. The van der Waals surface area contributed by atoms with Crippen LogP contribution in [0.3, 0.4) is 0 Å². The molecule has 1 heterocycles. The highest BCUT2D eigenvalue weighted by atomic mass is 19.1.